The summed E-state index contributed by atoms with van der Waals surface area (Å²) in [7, 11) is 0. The second-order valence-electron chi connectivity index (χ2n) is 4.95. The molecule has 7 nitrogen and oxygen atoms in total. The van der Waals surface area contributed by atoms with Crippen LogP contribution in [-0.2, 0) is 4.79 Å². The number of nitrogens with one attached hydrogen (secondary N) is 2. The van der Waals surface area contributed by atoms with E-state index in [0.29, 0.717) is 21.8 Å². The lowest BCUT2D eigenvalue weighted by Crippen LogP contribution is -2.33. The Bertz CT molecular complexity index is 808. The van der Waals surface area contributed by atoms with Crippen LogP contribution in [0.3, 0.4) is 0 Å². The molecule has 2 amide bonds. The first-order chi connectivity index (χ1) is 11.4. The number of amides is 2. The number of rotatable bonds is 5. The van der Waals surface area contributed by atoms with Gasteiger partial charge in [0.15, 0.2) is 0 Å². The summed E-state index contributed by atoms with van der Waals surface area (Å²) in [5, 5.41) is 16.3. The fraction of sp³-hybridized carbons (Fsp3) is 0.125. The average molecular weight is 348 g/mol. The molecule has 8 heteroatoms. The van der Waals surface area contributed by atoms with Gasteiger partial charge in [-0.2, -0.15) is 0 Å². The van der Waals surface area contributed by atoms with Crippen molar-refractivity contribution >= 4 is 34.8 Å². The van der Waals surface area contributed by atoms with E-state index in [9.17, 15) is 19.7 Å². The van der Waals surface area contributed by atoms with E-state index in [4.69, 9.17) is 11.6 Å². The fourth-order valence-electron chi connectivity index (χ4n) is 2.04. The highest BCUT2D eigenvalue weighted by Gasteiger charge is 2.15. The normalized spacial score (nSPS) is 10.1. The number of benzene rings is 2. The van der Waals surface area contributed by atoms with E-state index in [1.54, 1.807) is 24.3 Å². The van der Waals surface area contributed by atoms with Gasteiger partial charge in [0.05, 0.1) is 22.7 Å². The van der Waals surface area contributed by atoms with Gasteiger partial charge in [0.1, 0.15) is 0 Å². The molecular weight excluding hydrogens is 334 g/mol. The number of nitro benzene ring substituents is 1. The van der Waals surface area contributed by atoms with Crippen LogP contribution >= 0.6 is 11.6 Å². The van der Waals surface area contributed by atoms with Gasteiger partial charge in [-0.25, -0.2) is 0 Å². The second-order valence-corrected chi connectivity index (χ2v) is 5.38. The van der Waals surface area contributed by atoms with Gasteiger partial charge in [-0.1, -0.05) is 23.7 Å². The Morgan fingerprint density at radius 1 is 1.21 bits per heavy atom. The first-order valence-electron chi connectivity index (χ1n) is 6.96. The molecule has 0 aliphatic heterocycles. The molecule has 0 radical (unpaired) electrons. The predicted molar refractivity (Wildman–Crippen MR) is 90.2 cm³/mol. The molecule has 0 saturated heterocycles. The van der Waals surface area contributed by atoms with Gasteiger partial charge >= 0.3 is 0 Å². The van der Waals surface area contributed by atoms with Crippen molar-refractivity contribution in [2.45, 2.75) is 6.92 Å². The molecule has 0 aliphatic carbocycles. The van der Waals surface area contributed by atoms with Gasteiger partial charge < -0.3 is 10.6 Å². The molecule has 2 rings (SSSR count). The fourth-order valence-corrected chi connectivity index (χ4v) is 2.23. The molecule has 0 spiro atoms. The van der Waals surface area contributed by atoms with E-state index in [1.807, 2.05) is 0 Å². The molecule has 2 aromatic carbocycles. The van der Waals surface area contributed by atoms with E-state index in [0.717, 1.165) is 0 Å². The summed E-state index contributed by atoms with van der Waals surface area (Å²) < 4.78 is 0. The Morgan fingerprint density at radius 3 is 2.58 bits per heavy atom. The minimum absolute atomic E-state index is 0.0873. The number of carbonyl (C=O) groups is 2. The smallest absolute Gasteiger partial charge is 0.274 e. The number of nitrogens with zero attached hydrogens (tertiary/aromatic N) is 1. The quantitative estimate of drug-likeness (QED) is 0.641. The Labute approximate surface area is 142 Å². The number of hydrogen-bond acceptors (Lipinski definition) is 4. The first-order valence-corrected chi connectivity index (χ1v) is 7.34. The molecule has 0 heterocycles. The maximum absolute atomic E-state index is 11.9. The van der Waals surface area contributed by atoms with Crippen molar-refractivity contribution in [3.8, 4) is 0 Å². The summed E-state index contributed by atoms with van der Waals surface area (Å²) in [6.07, 6.45) is 0. The van der Waals surface area contributed by atoms with Crippen LogP contribution in [0, 0.1) is 17.0 Å². The van der Waals surface area contributed by atoms with Crippen LogP contribution in [0.1, 0.15) is 15.9 Å². The van der Waals surface area contributed by atoms with Crippen LogP contribution in [0.15, 0.2) is 42.5 Å². The van der Waals surface area contributed by atoms with E-state index in [1.165, 1.54) is 25.1 Å². The zero-order chi connectivity index (χ0) is 17.7. The van der Waals surface area contributed by atoms with Gasteiger partial charge in [-0.05, 0) is 31.2 Å². The summed E-state index contributed by atoms with van der Waals surface area (Å²) in [6.45, 7) is 1.27. The van der Waals surface area contributed by atoms with Crippen LogP contribution in [0.2, 0.25) is 5.02 Å². The zero-order valence-corrected chi connectivity index (χ0v) is 13.5. The monoisotopic (exact) mass is 347 g/mol. The predicted octanol–water partition coefficient (Wildman–Crippen LogP) is 2.93. The van der Waals surface area contributed by atoms with Crippen molar-refractivity contribution in [1.29, 1.82) is 0 Å². The van der Waals surface area contributed by atoms with E-state index in [2.05, 4.69) is 10.6 Å². The van der Waals surface area contributed by atoms with Gasteiger partial charge in [0.2, 0.25) is 5.91 Å². The number of carbonyl (C=O) groups excluding carboxylic acids is 2. The summed E-state index contributed by atoms with van der Waals surface area (Å²) in [6, 6.07) is 10.7. The molecule has 124 valence electrons. The third-order valence-electron chi connectivity index (χ3n) is 3.27. The highest BCUT2D eigenvalue weighted by atomic mass is 35.5. The summed E-state index contributed by atoms with van der Waals surface area (Å²) in [5.74, 6) is -0.933. The van der Waals surface area contributed by atoms with Crippen LogP contribution in [0.25, 0.3) is 0 Å². The standard InChI is InChI=1S/C16H14ClN3O4/c1-10-13(6-3-7-14(10)20(23)24)19-15(21)9-18-16(22)11-4-2-5-12(17)8-11/h2-8H,9H2,1H3,(H,18,22)(H,19,21). The van der Waals surface area contributed by atoms with Gasteiger partial charge in [-0.15, -0.1) is 0 Å². The Morgan fingerprint density at radius 2 is 1.92 bits per heavy atom. The number of nitro groups is 1. The summed E-state index contributed by atoms with van der Waals surface area (Å²) in [4.78, 5) is 34.2. The van der Waals surface area contributed by atoms with Crippen molar-refractivity contribution < 1.29 is 14.5 Å². The molecule has 2 aromatic rings. The average Bonchev–Trinajstić information content (AvgIpc) is 2.54. The number of hydrogen-bond donors (Lipinski definition) is 2. The molecule has 0 aliphatic rings. The van der Waals surface area contributed by atoms with Crippen molar-refractivity contribution in [2.24, 2.45) is 0 Å². The minimum Gasteiger partial charge on any atom is -0.343 e. The van der Waals surface area contributed by atoms with Crippen LogP contribution in [0.4, 0.5) is 11.4 Å². The van der Waals surface area contributed by atoms with E-state index < -0.39 is 16.7 Å². The zero-order valence-electron chi connectivity index (χ0n) is 12.7. The second kappa shape index (κ2) is 7.56. The molecule has 0 bridgehead atoms. The molecule has 0 unspecified atom stereocenters. The van der Waals surface area contributed by atoms with Crippen molar-refractivity contribution in [2.75, 3.05) is 11.9 Å². The molecule has 0 atom stereocenters. The highest BCUT2D eigenvalue weighted by molar-refractivity contribution is 6.31. The summed E-state index contributed by atoms with van der Waals surface area (Å²) >= 11 is 5.80. The lowest BCUT2D eigenvalue weighted by atomic mass is 10.1. The first kappa shape index (κ1) is 17.4. The third-order valence-corrected chi connectivity index (χ3v) is 3.51. The van der Waals surface area contributed by atoms with E-state index >= 15 is 0 Å². The molecule has 0 fully saturated rings. The lowest BCUT2D eigenvalue weighted by Gasteiger charge is -2.09. The molecule has 0 aromatic heterocycles. The SMILES string of the molecule is Cc1c(NC(=O)CNC(=O)c2cccc(Cl)c2)cccc1[N+](=O)[O-]. The van der Waals surface area contributed by atoms with Crippen molar-refractivity contribution in [3.05, 3.63) is 68.7 Å². The van der Waals surface area contributed by atoms with Gasteiger partial charge in [-0.3, -0.25) is 19.7 Å². The van der Waals surface area contributed by atoms with Crippen LogP contribution in [0.5, 0.6) is 0 Å². The van der Waals surface area contributed by atoms with Gasteiger partial charge in [0.25, 0.3) is 11.6 Å². The Kier molecular flexibility index (Phi) is 5.49. The third kappa shape index (κ3) is 4.30. The van der Waals surface area contributed by atoms with Crippen molar-refractivity contribution in [1.82, 2.24) is 5.32 Å². The Hall–Kier alpha value is -2.93. The molecular formula is C16H14ClN3O4. The molecule has 24 heavy (non-hydrogen) atoms. The number of anilines is 1. The van der Waals surface area contributed by atoms with Crippen LogP contribution < -0.4 is 10.6 Å². The molecule has 0 saturated carbocycles. The Balaban J connectivity index is 1.98. The highest BCUT2D eigenvalue weighted by Crippen LogP contribution is 2.24. The summed E-state index contributed by atoms with van der Waals surface area (Å²) in [5.41, 5.74) is 0.917. The van der Waals surface area contributed by atoms with E-state index in [-0.39, 0.29) is 12.2 Å². The minimum atomic E-state index is -0.522. The molecule has 2 N–H and O–H groups in total. The number of halogens is 1. The van der Waals surface area contributed by atoms with Crippen molar-refractivity contribution in [3.63, 3.8) is 0 Å². The lowest BCUT2D eigenvalue weighted by molar-refractivity contribution is -0.385. The maximum atomic E-state index is 11.9. The van der Waals surface area contributed by atoms with Gasteiger partial charge in [0, 0.05) is 16.7 Å². The van der Waals surface area contributed by atoms with Crippen LogP contribution in [-0.4, -0.2) is 23.3 Å². The maximum Gasteiger partial charge on any atom is 0.274 e. The largest absolute Gasteiger partial charge is 0.343 e. The topological polar surface area (TPSA) is 101 Å².